The van der Waals surface area contributed by atoms with Crippen molar-refractivity contribution < 1.29 is 14.6 Å². The highest BCUT2D eigenvalue weighted by Gasteiger charge is 2.50. The predicted octanol–water partition coefficient (Wildman–Crippen LogP) is 3.79. The summed E-state index contributed by atoms with van der Waals surface area (Å²) < 4.78 is 4.99. The Morgan fingerprint density at radius 2 is 2.05 bits per heavy atom. The molecule has 4 atom stereocenters. The minimum absolute atomic E-state index is 0.194. The molecule has 20 heavy (non-hydrogen) atoms. The van der Waals surface area contributed by atoms with E-state index in [4.69, 9.17) is 4.74 Å². The van der Waals surface area contributed by atoms with Gasteiger partial charge in [-0.3, -0.25) is 4.79 Å². The molecule has 0 saturated heterocycles. The number of esters is 1. The van der Waals surface area contributed by atoms with Crippen molar-refractivity contribution in [2.75, 3.05) is 7.11 Å². The summed E-state index contributed by atoms with van der Waals surface area (Å²) >= 11 is 0. The predicted molar refractivity (Wildman–Crippen MR) is 81.3 cm³/mol. The van der Waals surface area contributed by atoms with E-state index in [1.54, 1.807) is 0 Å². The van der Waals surface area contributed by atoms with Crippen LogP contribution in [-0.4, -0.2) is 23.8 Å². The Kier molecular flexibility index (Phi) is 6.50. The molecule has 4 unspecified atom stereocenters. The fraction of sp³-hybridized carbons (Fsp3) is 0.941. The van der Waals surface area contributed by atoms with Crippen LogP contribution in [0.2, 0.25) is 0 Å². The van der Waals surface area contributed by atoms with E-state index in [2.05, 4.69) is 27.7 Å². The van der Waals surface area contributed by atoms with Crippen LogP contribution in [0.15, 0.2) is 0 Å². The topological polar surface area (TPSA) is 46.5 Å². The number of carbonyl (C=O) groups excluding carboxylic acids is 1. The van der Waals surface area contributed by atoms with Crippen molar-refractivity contribution in [3.8, 4) is 0 Å². The van der Waals surface area contributed by atoms with Gasteiger partial charge in [0, 0.05) is 0 Å². The van der Waals surface area contributed by atoms with Gasteiger partial charge in [0.25, 0.3) is 0 Å². The van der Waals surface area contributed by atoms with E-state index in [1.165, 1.54) is 7.11 Å². The molecule has 0 bridgehead atoms. The van der Waals surface area contributed by atoms with E-state index in [1.807, 2.05) is 0 Å². The standard InChI is InChI=1S/C17H32O3/c1-6-7-8-15(16(18)20-5)17(19)11-13(4)9-10-14(17)12(2)3/h12-15,19H,6-11H2,1-5H3. The van der Waals surface area contributed by atoms with Crippen molar-refractivity contribution in [1.82, 2.24) is 0 Å². The van der Waals surface area contributed by atoms with Gasteiger partial charge in [-0.15, -0.1) is 0 Å². The molecule has 0 aromatic carbocycles. The van der Waals surface area contributed by atoms with Gasteiger partial charge in [0.15, 0.2) is 0 Å². The summed E-state index contributed by atoms with van der Waals surface area (Å²) in [7, 11) is 1.43. The van der Waals surface area contributed by atoms with Crippen molar-refractivity contribution in [2.24, 2.45) is 23.7 Å². The fourth-order valence-corrected chi connectivity index (χ4v) is 3.96. The first kappa shape index (κ1) is 17.5. The molecule has 0 spiro atoms. The van der Waals surface area contributed by atoms with Crippen molar-refractivity contribution in [3.05, 3.63) is 0 Å². The summed E-state index contributed by atoms with van der Waals surface area (Å²) in [5.74, 6) is 0.452. The monoisotopic (exact) mass is 284 g/mol. The molecule has 1 fully saturated rings. The maximum Gasteiger partial charge on any atom is 0.311 e. The van der Waals surface area contributed by atoms with Crippen LogP contribution in [0.4, 0.5) is 0 Å². The van der Waals surface area contributed by atoms with Crippen LogP contribution in [0.1, 0.15) is 66.2 Å². The summed E-state index contributed by atoms with van der Waals surface area (Å²) in [5, 5.41) is 11.4. The number of aliphatic hydroxyl groups is 1. The van der Waals surface area contributed by atoms with Gasteiger partial charge in [-0.25, -0.2) is 0 Å². The van der Waals surface area contributed by atoms with Crippen molar-refractivity contribution in [3.63, 3.8) is 0 Å². The van der Waals surface area contributed by atoms with E-state index >= 15 is 0 Å². The number of hydrogen-bond donors (Lipinski definition) is 1. The maximum atomic E-state index is 12.2. The Balaban J connectivity index is 3.04. The Bertz CT molecular complexity index is 313. The number of rotatable bonds is 6. The van der Waals surface area contributed by atoms with Crippen LogP contribution in [0.5, 0.6) is 0 Å². The summed E-state index contributed by atoms with van der Waals surface area (Å²) in [6, 6.07) is 0. The normalized spacial score (nSPS) is 32.1. The molecule has 0 radical (unpaired) electrons. The lowest BCUT2D eigenvalue weighted by molar-refractivity contribution is -0.172. The van der Waals surface area contributed by atoms with Gasteiger partial charge in [0.05, 0.1) is 18.6 Å². The largest absolute Gasteiger partial charge is 0.469 e. The van der Waals surface area contributed by atoms with Crippen LogP contribution >= 0.6 is 0 Å². The van der Waals surface area contributed by atoms with Gasteiger partial charge < -0.3 is 9.84 Å². The van der Waals surface area contributed by atoms with Gasteiger partial charge >= 0.3 is 5.97 Å². The first-order chi connectivity index (χ1) is 9.36. The van der Waals surface area contributed by atoms with Crippen molar-refractivity contribution >= 4 is 5.97 Å². The zero-order valence-electron chi connectivity index (χ0n) is 13.8. The molecule has 3 nitrogen and oxygen atoms in total. The average molecular weight is 284 g/mol. The molecular formula is C17H32O3. The fourth-order valence-electron chi connectivity index (χ4n) is 3.96. The highest BCUT2D eigenvalue weighted by Crippen LogP contribution is 2.46. The van der Waals surface area contributed by atoms with Crippen LogP contribution in [0.3, 0.4) is 0 Å². The molecule has 0 amide bonds. The number of carbonyl (C=O) groups is 1. The average Bonchev–Trinajstić information content (AvgIpc) is 2.37. The molecule has 1 saturated carbocycles. The van der Waals surface area contributed by atoms with Crippen LogP contribution in [0, 0.1) is 23.7 Å². The third kappa shape index (κ3) is 3.75. The van der Waals surface area contributed by atoms with Crippen molar-refractivity contribution in [1.29, 1.82) is 0 Å². The van der Waals surface area contributed by atoms with E-state index in [0.717, 1.165) is 38.5 Å². The smallest absolute Gasteiger partial charge is 0.311 e. The second-order valence-corrected chi connectivity index (χ2v) is 6.95. The maximum absolute atomic E-state index is 12.2. The van der Waals surface area contributed by atoms with Crippen LogP contribution < -0.4 is 0 Å². The van der Waals surface area contributed by atoms with Gasteiger partial charge in [-0.1, -0.05) is 47.0 Å². The minimum atomic E-state index is -0.895. The molecule has 3 heteroatoms. The minimum Gasteiger partial charge on any atom is -0.469 e. The molecule has 0 aromatic heterocycles. The number of hydrogen-bond acceptors (Lipinski definition) is 3. The lowest BCUT2D eigenvalue weighted by Crippen LogP contribution is -2.53. The third-order valence-electron chi connectivity index (χ3n) is 5.03. The third-order valence-corrected chi connectivity index (χ3v) is 5.03. The Labute approximate surface area is 124 Å². The van der Waals surface area contributed by atoms with E-state index in [9.17, 15) is 9.90 Å². The van der Waals surface area contributed by atoms with E-state index in [0.29, 0.717) is 11.8 Å². The number of unbranched alkanes of at least 4 members (excludes halogenated alkanes) is 1. The summed E-state index contributed by atoms with van der Waals surface area (Å²) in [6.45, 7) is 8.59. The molecule has 1 rings (SSSR count). The SMILES string of the molecule is CCCCC(C(=O)OC)C1(O)CC(C)CCC1C(C)C. The van der Waals surface area contributed by atoms with Gasteiger partial charge in [0.1, 0.15) is 0 Å². The summed E-state index contributed by atoms with van der Waals surface area (Å²) in [5.41, 5.74) is -0.895. The summed E-state index contributed by atoms with van der Waals surface area (Å²) in [6.07, 6.45) is 5.60. The van der Waals surface area contributed by atoms with Crippen LogP contribution in [-0.2, 0) is 9.53 Å². The second kappa shape index (κ2) is 7.44. The molecule has 0 aliphatic heterocycles. The first-order valence-corrected chi connectivity index (χ1v) is 8.17. The number of ether oxygens (including phenoxy) is 1. The lowest BCUT2D eigenvalue weighted by Gasteiger charge is -2.48. The van der Waals surface area contributed by atoms with Gasteiger partial charge in [0.2, 0.25) is 0 Å². The lowest BCUT2D eigenvalue weighted by atomic mass is 9.61. The summed E-state index contributed by atoms with van der Waals surface area (Å²) in [4.78, 5) is 12.2. The molecule has 1 aliphatic carbocycles. The Morgan fingerprint density at radius 3 is 2.55 bits per heavy atom. The Morgan fingerprint density at radius 1 is 1.40 bits per heavy atom. The van der Waals surface area contributed by atoms with Crippen molar-refractivity contribution in [2.45, 2.75) is 71.8 Å². The molecule has 0 aromatic rings. The molecule has 1 aliphatic rings. The highest BCUT2D eigenvalue weighted by molar-refractivity contribution is 5.73. The zero-order chi connectivity index (χ0) is 15.3. The van der Waals surface area contributed by atoms with Gasteiger partial charge in [-0.05, 0) is 37.0 Å². The molecule has 1 N–H and O–H groups in total. The number of methoxy groups -OCH3 is 1. The highest BCUT2D eigenvalue weighted by atomic mass is 16.5. The molecule has 0 heterocycles. The quantitative estimate of drug-likeness (QED) is 0.755. The van der Waals surface area contributed by atoms with Gasteiger partial charge in [-0.2, -0.15) is 0 Å². The van der Waals surface area contributed by atoms with E-state index < -0.39 is 5.60 Å². The second-order valence-electron chi connectivity index (χ2n) is 6.95. The van der Waals surface area contributed by atoms with Crippen LogP contribution in [0.25, 0.3) is 0 Å². The first-order valence-electron chi connectivity index (χ1n) is 8.17. The molecule has 118 valence electrons. The zero-order valence-corrected chi connectivity index (χ0v) is 13.8. The molecular weight excluding hydrogens is 252 g/mol. The Hall–Kier alpha value is -0.570. The van der Waals surface area contributed by atoms with E-state index in [-0.39, 0.29) is 17.8 Å².